The largest absolute Gasteiger partial charge is 0.394 e. The van der Waals surface area contributed by atoms with Crippen molar-refractivity contribution in [2.45, 2.75) is 55.1 Å². The summed E-state index contributed by atoms with van der Waals surface area (Å²) in [6.45, 7) is -1.64. The smallest absolute Gasteiger partial charge is 0.187 e. The number of aliphatic hydroxyl groups is 8. The third kappa shape index (κ3) is 4.64. The highest BCUT2D eigenvalue weighted by atomic mass is 16.7. The molecule has 1 rings (SSSR count). The highest BCUT2D eigenvalue weighted by Crippen LogP contribution is 2.24. The molecule has 1 aliphatic heterocycles. The normalized spacial score (nSPS) is 37.0. The number of carbonyl (C=O) groups is 1. The first kappa shape index (κ1) is 20.3. The van der Waals surface area contributed by atoms with Gasteiger partial charge in [0.1, 0.15) is 48.8 Å². The Kier molecular flexibility index (Phi) is 7.89. The van der Waals surface area contributed by atoms with Crippen LogP contribution in [0.2, 0.25) is 0 Å². The zero-order valence-corrected chi connectivity index (χ0v) is 12.0. The molecule has 11 heteroatoms. The number of aliphatic hydroxyl groups excluding tert-OH is 8. The minimum atomic E-state index is -1.97. The molecule has 5 unspecified atom stereocenters. The molecule has 0 spiro atoms. The van der Waals surface area contributed by atoms with E-state index in [-0.39, 0.29) is 6.29 Å². The molecule has 0 radical (unpaired) electrons. The van der Waals surface area contributed by atoms with Crippen molar-refractivity contribution in [1.82, 2.24) is 0 Å². The van der Waals surface area contributed by atoms with E-state index < -0.39 is 68.3 Å². The summed E-state index contributed by atoms with van der Waals surface area (Å²) >= 11 is 0. The standard InChI is InChI=1S/C12H22O11/c13-1-4(16)7(18)11(5(17)2-14)23-12-10(21)9(20)8(19)6(3-15)22-12/h1,4-12,14-21H,2-3H2/t4?,5?,6-,7?,8?,9+,10+,11?,12-/m1/s1. The van der Waals surface area contributed by atoms with E-state index in [1.165, 1.54) is 0 Å². The number of carbonyl (C=O) groups excluding carboxylic acids is 1. The highest BCUT2D eigenvalue weighted by molar-refractivity contribution is 5.56. The molecule has 0 saturated carbocycles. The van der Waals surface area contributed by atoms with Crippen molar-refractivity contribution in [3.05, 3.63) is 0 Å². The van der Waals surface area contributed by atoms with E-state index in [0.29, 0.717) is 0 Å². The molecule has 9 atom stereocenters. The minimum Gasteiger partial charge on any atom is -0.394 e. The van der Waals surface area contributed by atoms with Gasteiger partial charge in [-0.15, -0.1) is 0 Å². The molecule has 1 heterocycles. The molecule has 136 valence electrons. The van der Waals surface area contributed by atoms with Gasteiger partial charge in [0.15, 0.2) is 12.6 Å². The fourth-order valence-corrected chi connectivity index (χ4v) is 2.11. The van der Waals surface area contributed by atoms with Crippen LogP contribution in [0.1, 0.15) is 0 Å². The van der Waals surface area contributed by atoms with Gasteiger partial charge in [0, 0.05) is 0 Å². The SMILES string of the molecule is O=CC(O)C(O)C(O[C@H]1O[C@H](CO)C(O)[C@H](O)[C@@H]1O)C(O)CO. The van der Waals surface area contributed by atoms with Crippen molar-refractivity contribution in [2.24, 2.45) is 0 Å². The third-order valence-electron chi connectivity index (χ3n) is 3.53. The first-order valence-electron chi connectivity index (χ1n) is 6.84. The van der Waals surface area contributed by atoms with Crippen LogP contribution in [0.3, 0.4) is 0 Å². The molecule has 11 nitrogen and oxygen atoms in total. The van der Waals surface area contributed by atoms with E-state index in [9.17, 15) is 35.4 Å². The van der Waals surface area contributed by atoms with Crippen LogP contribution in [0.25, 0.3) is 0 Å². The highest BCUT2D eigenvalue weighted by Gasteiger charge is 2.46. The molecule has 1 fully saturated rings. The molecule has 1 saturated heterocycles. The second kappa shape index (κ2) is 8.94. The van der Waals surface area contributed by atoms with Gasteiger partial charge in [-0.05, 0) is 0 Å². The van der Waals surface area contributed by atoms with Gasteiger partial charge in [0.25, 0.3) is 0 Å². The maximum Gasteiger partial charge on any atom is 0.187 e. The van der Waals surface area contributed by atoms with Crippen LogP contribution in [0, 0.1) is 0 Å². The minimum absolute atomic E-state index is 0.0294. The number of aldehydes is 1. The van der Waals surface area contributed by atoms with E-state index in [2.05, 4.69) is 0 Å². The Morgan fingerprint density at radius 1 is 1.04 bits per heavy atom. The molecular weight excluding hydrogens is 320 g/mol. The molecule has 0 aromatic rings. The van der Waals surface area contributed by atoms with Gasteiger partial charge in [-0.25, -0.2) is 0 Å². The quantitative estimate of drug-likeness (QED) is 0.196. The van der Waals surface area contributed by atoms with Crippen LogP contribution in [0.5, 0.6) is 0 Å². The van der Waals surface area contributed by atoms with E-state index in [0.717, 1.165) is 0 Å². The topological polar surface area (TPSA) is 197 Å². The van der Waals surface area contributed by atoms with Crippen LogP contribution >= 0.6 is 0 Å². The van der Waals surface area contributed by atoms with Gasteiger partial charge in [0.2, 0.25) is 0 Å². The first-order chi connectivity index (χ1) is 10.8. The van der Waals surface area contributed by atoms with Crippen LogP contribution in [0.4, 0.5) is 0 Å². The molecule has 0 aromatic heterocycles. The average Bonchev–Trinajstić information content (AvgIpc) is 2.57. The van der Waals surface area contributed by atoms with Crippen LogP contribution in [0.15, 0.2) is 0 Å². The third-order valence-corrected chi connectivity index (χ3v) is 3.53. The number of hydrogen-bond acceptors (Lipinski definition) is 11. The molecule has 23 heavy (non-hydrogen) atoms. The van der Waals surface area contributed by atoms with Crippen LogP contribution in [-0.2, 0) is 14.3 Å². The van der Waals surface area contributed by atoms with Gasteiger partial charge < -0.3 is 55.1 Å². The summed E-state index contributed by atoms with van der Waals surface area (Å²) in [5.74, 6) is 0. The lowest BCUT2D eigenvalue weighted by atomic mass is 9.98. The van der Waals surface area contributed by atoms with Gasteiger partial charge in [-0.3, -0.25) is 0 Å². The first-order valence-corrected chi connectivity index (χ1v) is 6.84. The zero-order chi connectivity index (χ0) is 17.7. The molecule has 0 bridgehead atoms. The Hall–Kier alpha value is -0.730. The Bertz CT molecular complexity index is 365. The summed E-state index contributed by atoms with van der Waals surface area (Å²) in [5.41, 5.74) is 0. The molecule has 1 aliphatic rings. The lowest BCUT2D eigenvalue weighted by molar-refractivity contribution is -0.326. The lowest BCUT2D eigenvalue weighted by Crippen LogP contribution is -2.61. The van der Waals surface area contributed by atoms with Crippen molar-refractivity contribution in [3.8, 4) is 0 Å². The fourth-order valence-electron chi connectivity index (χ4n) is 2.11. The maximum absolute atomic E-state index is 10.5. The predicted molar refractivity (Wildman–Crippen MR) is 69.8 cm³/mol. The monoisotopic (exact) mass is 342 g/mol. The van der Waals surface area contributed by atoms with Gasteiger partial charge >= 0.3 is 0 Å². The second-order valence-electron chi connectivity index (χ2n) is 5.17. The summed E-state index contributed by atoms with van der Waals surface area (Å²) in [7, 11) is 0. The predicted octanol–water partition coefficient (Wildman–Crippen LogP) is -5.55. The van der Waals surface area contributed by atoms with Crippen molar-refractivity contribution in [3.63, 3.8) is 0 Å². The van der Waals surface area contributed by atoms with Gasteiger partial charge in [-0.1, -0.05) is 0 Å². The van der Waals surface area contributed by atoms with Gasteiger partial charge in [0.05, 0.1) is 13.2 Å². The molecule has 0 aliphatic carbocycles. The van der Waals surface area contributed by atoms with E-state index in [1.807, 2.05) is 0 Å². The number of hydrogen-bond donors (Lipinski definition) is 8. The van der Waals surface area contributed by atoms with Crippen molar-refractivity contribution in [2.75, 3.05) is 13.2 Å². The van der Waals surface area contributed by atoms with Crippen molar-refractivity contribution < 1.29 is 55.1 Å². The maximum atomic E-state index is 10.5. The molecular formula is C12H22O11. The Morgan fingerprint density at radius 2 is 1.65 bits per heavy atom. The summed E-state index contributed by atoms with van der Waals surface area (Å²) in [4.78, 5) is 10.5. The Labute approximate surface area is 130 Å². The molecule has 8 N–H and O–H groups in total. The summed E-state index contributed by atoms with van der Waals surface area (Å²) in [6, 6.07) is 0. The van der Waals surface area contributed by atoms with Crippen LogP contribution in [-0.4, -0.2) is 115 Å². The Balaban J connectivity index is 2.91. The summed E-state index contributed by atoms with van der Waals surface area (Å²) in [6.07, 6.45) is -15.7. The van der Waals surface area contributed by atoms with Crippen molar-refractivity contribution >= 4 is 6.29 Å². The summed E-state index contributed by atoms with van der Waals surface area (Å²) in [5, 5.41) is 75.7. The molecule has 0 aromatic carbocycles. The fraction of sp³-hybridized carbons (Fsp3) is 0.917. The lowest BCUT2D eigenvalue weighted by Gasteiger charge is -2.42. The zero-order valence-electron chi connectivity index (χ0n) is 12.0. The summed E-state index contributed by atoms with van der Waals surface area (Å²) < 4.78 is 10.1. The number of rotatable bonds is 8. The van der Waals surface area contributed by atoms with E-state index >= 15 is 0 Å². The van der Waals surface area contributed by atoms with Crippen molar-refractivity contribution in [1.29, 1.82) is 0 Å². The van der Waals surface area contributed by atoms with E-state index in [4.69, 9.17) is 19.7 Å². The Morgan fingerprint density at radius 3 is 2.13 bits per heavy atom. The molecule has 0 amide bonds. The van der Waals surface area contributed by atoms with Crippen LogP contribution < -0.4 is 0 Å². The van der Waals surface area contributed by atoms with Gasteiger partial charge in [-0.2, -0.15) is 0 Å². The second-order valence-corrected chi connectivity index (χ2v) is 5.17. The van der Waals surface area contributed by atoms with E-state index in [1.54, 1.807) is 0 Å². The number of ether oxygens (including phenoxy) is 2. The average molecular weight is 342 g/mol.